The van der Waals surface area contributed by atoms with Crippen LogP contribution in [-0.4, -0.2) is 87.2 Å². The summed E-state index contributed by atoms with van der Waals surface area (Å²) < 4.78 is 16.5. The number of benzene rings is 1. The molecule has 0 bridgehead atoms. The van der Waals surface area contributed by atoms with E-state index in [-0.39, 0.29) is 11.9 Å². The molecule has 2 aliphatic rings. The van der Waals surface area contributed by atoms with Gasteiger partial charge in [0.1, 0.15) is 0 Å². The van der Waals surface area contributed by atoms with Gasteiger partial charge in [-0.1, -0.05) is 19.9 Å². The van der Waals surface area contributed by atoms with E-state index in [0.29, 0.717) is 23.3 Å². The fraction of sp³-hybridized carbons (Fsp3) is 0.708. The molecule has 174 valence electrons. The zero-order valence-corrected chi connectivity index (χ0v) is 20.0. The summed E-state index contributed by atoms with van der Waals surface area (Å²) >= 11 is 0. The maximum Gasteiger partial charge on any atom is 0.239 e. The highest BCUT2D eigenvalue weighted by Crippen LogP contribution is 2.40. The van der Waals surface area contributed by atoms with Gasteiger partial charge in [-0.25, -0.2) is 0 Å². The van der Waals surface area contributed by atoms with Crippen molar-refractivity contribution in [1.29, 1.82) is 0 Å². The van der Waals surface area contributed by atoms with Crippen molar-refractivity contribution in [1.82, 2.24) is 14.7 Å². The molecule has 2 saturated heterocycles. The molecule has 1 aromatic rings. The Labute approximate surface area is 187 Å². The lowest BCUT2D eigenvalue weighted by Gasteiger charge is -2.41. The highest BCUT2D eigenvalue weighted by Gasteiger charge is 2.32. The zero-order chi connectivity index (χ0) is 22.5. The number of carbonyl (C=O) groups is 1. The number of amides is 1. The summed E-state index contributed by atoms with van der Waals surface area (Å²) in [5, 5.41) is 0. The van der Waals surface area contributed by atoms with Gasteiger partial charge in [0.05, 0.1) is 27.4 Å². The van der Waals surface area contributed by atoms with Crippen LogP contribution in [0.4, 0.5) is 0 Å². The monoisotopic (exact) mass is 433 g/mol. The largest absolute Gasteiger partial charge is 0.493 e. The van der Waals surface area contributed by atoms with E-state index in [9.17, 15) is 4.79 Å². The summed E-state index contributed by atoms with van der Waals surface area (Å²) in [6.07, 6.45) is 1.22. The molecule has 0 spiro atoms. The number of rotatable bonds is 7. The molecule has 3 rings (SSSR count). The molecule has 0 radical (unpaired) electrons. The second-order valence-corrected chi connectivity index (χ2v) is 9.17. The lowest BCUT2D eigenvalue weighted by Crippen LogP contribution is -2.56. The summed E-state index contributed by atoms with van der Waals surface area (Å²) in [5.41, 5.74) is 1.08. The van der Waals surface area contributed by atoms with Crippen LogP contribution in [0.1, 0.15) is 32.8 Å². The Morgan fingerprint density at radius 2 is 1.58 bits per heavy atom. The van der Waals surface area contributed by atoms with Crippen molar-refractivity contribution in [2.45, 2.75) is 39.8 Å². The van der Waals surface area contributed by atoms with Crippen LogP contribution in [0, 0.1) is 11.8 Å². The smallest absolute Gasteiger partial charge is 0.239 e. The first-order valence-corrected chi connectivity index (χ1v) is 11.4. The lowest BCUT2D eigenvalue weighted by molar-refractivity contribution is -0.139. The molecule has 7 heteroatoms. The van der Waals surface area contributed by atoms with Gasteiger partial charge in [0, 0.05) is 51.4 Å². The average molecular weight is 434 g/mol. The number of hydrogen-bond acceptors (Lipinski definition) is 6. The molecule has 2 fully saturated rings. The number of carbonyl (C=O) groups excluding carboxylic acids is 1. The van der Waals surface area contributed by atoms with Gasteiger partial charge >= 0.3 is 0 Å². The van der Waals surface area contributed by atoms with Crippen LogP contribution in [0.5, 0.6) is 17.2 Å². The molecule has 2 aliphatic heterocycles. The maximum atomic E-state index is 13.1. The number of likely N-dealkylation sites (tertiary alicyclic amines) is 1. The molecule has 1 amide bonds. The number of nitrogens with zero attached hydrogens (tertiary/aromatic N) is 3. The molecule has 7 nitrogen and oxygen atoms in total. The van der Waals surface area contributed by atoms with Crippen molar-refractivity contribution in [3.8, 4) is 17.2 Å². The summed E-state index contributed by atoms with van der Waals surface area (Å²) in [4.78, 5) is 19.9. The average Bonchev–Trinajstić information content (AvgIpc) is 2.77. The van der Waals surface area contributed by atoms with Crippen LogP contribution in [0.15, 0.2) is 12.1 Å². The zero-order valence-electron chi connectivity index (χ0n) is 20.0. The van der Waals surface area contributed by atoms with Crippen LogP contribution >= 0.6 is 0 Å². The minimum Gasteiger partial charge on any atom is -0.493 e. The van der Waals surface area contributed by atoms with Gasteiger partial charge in [-0.3, -0.25) is 14.6 Å². The SMILES string of the molecule is COc1ccc(CN2CCN([C@H](C)C(=O)N3C[C@@H](C)C[C@H](C)C3)CC2)c(OC)c1OC. The molecular weight excluding hydrogens is 394 g/mol. The first-order valence-electron chi connectivity index (χ1n) is 11.4. The molecule has 0 N–H and O–H groups in total. The van der Waals surface area contributed by atoms with Crippen molar-refractivity contribution in [3.05, 3.63) is 17.7 Å². The summed E-state index contributed by atoms with van der Waals surface area (Å²) in [6, 6.07) is 3.90. The van der Waals surface area contributed by atoms with Gasteiger partial charge in [-0.05, 0) is 31.2 Å². The predicted octanol–water partition coefficient (Wildman–Crippen LogP) is 2.72. The molecule has 1 aromatic carbocycles. The Bertz CT molecular complexity index is 739. The van der Waals surface area contributed by atoms with Crippen molar-refractivity contribution in [3.63, 3.8) is 0 Å². The Hall–Kier alpha value is -1.99. The fourth-order valence-electron chi connectivity index (χ4n) is 5.10. The second kappa shape index (κ2) is 10.6. The van der Waals surface area contributed by atoms with E-state index in [1.807, 2.05) is 12.1 Å². The number of methoxy groups -OCH3 is 3. The molecule has 3 atom stereocenters. The highest BCUT2D eigenvalue weighted by atomic mass is 16.5. The highest BCUT2D eigenvalue weighted by molar-refractivity contribution is 5.81. The fourth-order valence-corrected chi connectivity index (χ4v) is 5.10. The predicted molar refractivity (Wildman–Crippen MR) is 122 cm³/mol. The van der Waals surface area contributed by atoms with Crippen LogP contribution in [0.3, 0.4) is 0 Å². The Balaban J connectivity index is 1.58. The standard InChI is InChI=1S/C24H39N3O4/c1-17-13-18(2)15-27(14-17)24(28)19(3)26-11-9-25(10-12-26)16-20-7-8-21(29-4)23(31-6)22(20)30-5/h7-8,17-19H,9-16H2,1-6H3/t17-,18-,19+/m0/s1. The van der Waals surface area contributed by atoms with E-state index in [1.54, 1.807) is 21.3 Å². The van der Waals surface area contributed by atoms with Gasteiger partial charge in [0.2, 0.25) is 11.7 Å². The molecule has 0 saturated carbocycles. The number of piperazine rings is 1. The lowest BCUT2D eigenvalue weighted by atomic mass is 9.91. The van der Waals surface area contributed by atoms with E-state index in [2.05, 4.69) is 35.5 Å². The number of ether oxygens (including phenoxy) is 3. The first kappa shape index (κ1) is 23.7. The summed E-state index contributed by atoms with van der Waals surface area (Å²) in [6.45, 7) is 12.8. The van der Waals surface area contributed by atoms with Gasteiger partial charge in [-0.2, -0.15) is 0 Å². The van der Waals surface area contributed by atoms with Crippen molar-refractivity contribution < 1.29 is 19.0 Å². The van der Waals surface area contributed by atoms with Crippen LogP contribution in [0.25, 0.3) is 0 Å². The van der Waals surface area contributed by atoms with Gasteiger partial charge in [0.15, 0.2) is 11.5 Å². The molecule has 2 heterocycles. The van der Waals surface area contributed by atoms with Gasteiger partial charge in [0.25, 0.3) is 0 Å². The van der Waals surface area contributed by atoms with Crippen molar-refractivity contribution in [2.24, 2.45) is 11.8 Å². The van der Waals surface area contributed by atoms with E-state index in [1.165, 1.54) is 6.42 Å². The molecule has 0 unspecified atom stereocenters. The molecule has 31 heavy (non-hydrogen) atoms. The first-order chi connectivity index (χ1) is 14.9. The summed E-state index contributed by atoms with van der Waals surface area (Å²) in [5.74, 6) is 3.49. The maximum absolute atomic E-state index is 13.1. The third-order valence-corrected chi connectivity index (χ3v) is 6.67. The summed E-state index contributed by atoms with van der Waals surface area (Å²) in [7, 11) is 4.92. The third kappa shape index (κ3) is 5.44. The van der Waals surface area contributed by atoms with Gasteiger partial charge in [-0.15, -0.1) is 0 Å². The minimum absolute atomic E-state index is 0.0599. The van der Waals surface area contributed by atoms with E-state index in [4.69, 9.17) is 14.2 Å². The topological polar surface area (TPSA) is 54.5 Å². The minimum atomic E-state index is -0.0599. The Kier molecular flexibility index (Phi) is 8.06. The number of piperidine rings is 1. The number of hydrogen-bond donors (Lipinski definition) is 0. The quantitative estimate of drug-likeness (QED) is 0.659. The van der Waals surface area contributed by atoms with Crippen LogP contribution < -0.4 is 14.2 Å². The van der Waals surface area contributed by atoms with E-state index < -0.39 is 0 Å². The van der Waals surface area contributed by atoms with Gasteiger partial charge < -0.3 is 19.1 Å². The van der Waals surface area contributed by atoms with Crippen molar-refractivity contribution in [2.75, 3.05) is 60.6 Å². The molecular formula is C24H39N3O4. The Morgan fingerprint density at radius 1 is 0.968 bits per heavy atom. The Morgan fingerprint density at radius 3 is 2.13 bits per heavy atom. The van der Waals surface area contributed by atoms with E-state index in [0.717, 1.165) is 57.1 Å². The van der Waals surface area contributed by atoms with Crippen molar-refractivity contribution >= 4 is 5.91 Å². The normalized spacial score (nSPS) is 24.0. The molecule has 0 aromatic heterocycles. The third-order valence-electron chi connectivity index (χ3n) is 6.67. The van der Waals surface area contributed by atoms with E-state index >= 15 is 0 Å². The van der Waals surface area contributed by atoms with Crippen LogP contribution in [-0.2, 0) is 11.3 Å². The second-order valence-electron chi connectivity index (χ2n) is 9.17. The van der Waals surface area contributed by atoms with Crippen LogP contribution in [0.2, 0.25) is 0 Å². The molecule has 0 aliphatic carbocycles.